The lowest BCUT2D eigenvalue weighted by atomic mass is 10.1. The summed E-state index contributed by atoms with van der Waals surface area (Å²) < 4.78 is 2.07. The fourth-order valence-electron chi connectivity index (χ4n) is 2.13. The minimum Gasteiger partial charge on any atom is -0.347 e. The first-order valence-corrected chi connectivity index (χ1v) is 5.09. The SMILES string of the molecule is CC(=O)c1c(C)n(C)c2ccc(C)cc12. The Kier molecular flexibility index (Phi) is 2.14. The fourth-order valence-corrected chi connectivity index (χ4v) is 2.13. The lowest BCUT2D eigenvalue weighted by Gasteiger charge is -1.98. The summed E-state index contributed by atoms with van der Waals surface area (Å²) >= 11 is 0. The van der Waals surface area contributed by atoms with Gasteiger partial charge in [0.1, 0.15) is 0 Å². The molecule has 0 amide bonds. The van der Waals surface area contributed by atoms with Gasteiger partial charge in [0.2, 0.25) is 0 Å². The van der Waals surface area contributed by atoms with Crippen LogP contribution in [0.15, 0.2) is 18.2 Å². The van der Waals surface area contributed by atoms with Gasteiger partial charge in [0.25, 0.3) is 0 Å². The number of nitrogens with zero attached hydrogens (tertiary/aromatic N) is 1. The highest BCUT2D eigenvalue weighted by Crippen LogP contribution is 2.26. The molecule has 0 saturated carbocycles. The number of carbonyl (C=O) groups is 1. The standard InChI is InChI=1S/C13H15NO/c1-8-5-6-12-11(7-8)13(10(3)15)9(2)14(12)4/h5-7H,1-4H3. The van der Waals surface area contributed by atoms with Gasteiger partial charge in [-0.3, -0.25) is 4.79 Å². The van der Waals surface area contributed by atoms with Crippen LogP contribution in [0, 0.1) is 13.8 Å². The van der Waals surface area contributed by atoms with Crippen LogP contribution in [0.1, 0.15) is 28.5 Å². The molecule has 2 rings (SSSR count). The van der Waals surface area contributed by atoms with Gasteiger partial charge in [0.15, 0.2) is 5.78 Å². The van der Waals surface area contributed by atoms with E-state index in [1.165, 1.54) is 5.56 Å². The Morgan fingerprint density at radius 1 is 1.27 bits per heavy atom. The molecule has 0 atom stereocenters. The summed E-state index contributed by atoms with van der Waals surface area (Å²) in [7, 11) is 2.00. The van der Waals surface area contributed by atoms with E-state index < -0.39 is 0 Å². The van der Waals surface area contributed by atoms with Crippen LogP contribution < -0.4 is 0 Å². The zero-order chi connectivity index (χ0) is 11.2. The molecule has 0 aliphatic carbocycles. The summed E-state index contributed by atoms with van der Waals surface area (Å²) in [5.74, 6) is 0.142. The number of benzene rings is 1. The number of carbonyl (C=O) groups excluding carboxylic acids is 1. The monoisotopic (exact) mass is 201 g/mol. The van der Waals surface area contributed by atoms with Crippen molar-refractivity contribution in [3.8, 4) is 0 Å². The largest absolute Gasteiger partial charge is 0.347 e. The molecular formula is C13H15NO. The Morgan fingerprint density at radius 3 is 2.53 bits per heavy atom. The Morgan fingerprint density at radius 2 is 1.93 bits per heavy atom. The van der Waals surface area contributed by atoms with Crippen molar-refractivity contribution in [2.45, 2.75) is 20.8 Å². The third kappa shape index (κ3) is 1.37. The highest BCUT2D eigenvalue weighted by molar-refractivity contribution is 6.08. The Balaban J connectivity index is 2.95. The smallest absolute Gasteiger partial charge is 0.162 e. The van der Waals surface area contributed by atoms with Crippen molar-refractivity contribution in [3.05, 3.63) is 35.0 Å². The third-order valence-corrected chi connectivity index (χ3v) is 3.00. The van der Waals surface area contributed by atoms with Crippen molar-refractivity contribution in [2.75, 3.05) is 0 Å². The second-order valence-corrected chi connectivity index (χ2v) is 4.10. The number of fused-ring (bicyclic) bond motifs is 1. The highest BCUT2D eigenvalue weighted by Gasteiger charge is 2.14. The highest BCUT2D eigenvalue weighted by atomic mass is 16.1. The van der Waals surface area contributed by atoms with Gasteiger partial charge in [0, 0.05) is 29.2 Å². The minimum absolute atomic E-state index is 0.142. The molecule has 1 heterocycles. The number of hydrogen-bond acceptors (Lipinski definition) is 1. The molecule has 0 aliphatic rings. The molecule has 0 saturated heterocycles. The number of Topliss-reactive ketones (excluding diaryl/α,β-unsaturated/α-hetero) is 1. The van der Waals surface area contributed by atoms with Gasteiger partial charge in [-0.1, -0.05) is 11.6 Å². The van der Waals surface area contributed by atoms with E-state index in [2.05, 4.69) is 22.8 Å². The topological polar surface area (TPSA) is 22.0 Å². The van der Waals surface area contributed by atoms with Gasteiger partial charge >= 0.3 is 0 Å². The number of aryl methyl sites for hydroxylation is 2. The third-order valence-electron chi connectivity index (χ3n) is 3.00. The van der Waals surface area contributed by atoms with Gasteiger partial charge in [-0.2, -0.15) is 0 Å². The summed E-state index contributed by atoms with van der Waals surface area (Å²) in [6, 6.07) is 6.23. The van der Waals surface area contributed by atoms with Crippen molar-refractivity contribution in [3.63, 3.8) is 0 Å². The van der Waals surface area contributed by atoms with Crippen molar-refractivity contribution in [1.82, 2.24) is 4.57 Å². The zero-order valence-electron chi connectivity index (χ0n) is 9.59. The van der Waals surface area contributed by atoms with Crippen LogP contribution in [0.4, 0.5) is 0 Å². The summed E-state index contributed by atoms with van der Waals surface area (Å²) in [5, 5.41) is 1.07. The summed E-state index contributed by atoms with van der Waals surface area (Å²) in [5.41, 5.74) is 4.22. The summed E-state index contributed by atoms with van der Waals surface area (Å²) in [6.07, 6.45) is 0. The van der Waals surface area contributed by atoms with E-state index in [-0.39, 0.29) is 5.78 Å². The molecule has 2 heteroatoms. The molecule has 2 aromatic rings. The van der Waals surface area contributed by atoms with Gasteiger partial charge in [-0.15, -0.1) is 0 Å². The molecule has 2 nitrogen and oxygen atoms in total. The fraction of sp³-hybridized carbons (Fsp3) is 0.308. The molecule has 0 spiro atoms. The Labute approximate surface area is 89.5 Å². The second kappa shape index (κ2) is 3.23. The van der Waals surface area contributed by atoms with Crippen molar-refractivity contribution < 1.29 is 4.79 Å². The van der Waals surface area contributed by atoms with Gasteiger partial charge in [-0.25, -0.2) is 0 Å². The maximum atomic E-state index is 11.6. The quantitative estimate of drug-likeness (QED) is 0.650. The lowest BCUT2D eigenvalue weighted by Crippen LogP contribution is -1.96. The lowest BCUT2D eigenvalue weighted by molar-refractivity contribution is 0.101. The van der Waals surface area contributed by atoms with Crippen LogP contribution in [0.2, 0.25) is 0 Å². The predicted octanol–water partition coefficient (Wildman–Crippen LogP) is 3.00. The van der Waals surface area contributed by atoms with Crippen LogP contribution in [0.3, 0.4) is 0 Å². The van der Waals surface area contributed by atoms with Crippen LogP contribution in [-0.4, -0.2) is 10.4 Å². The number of rotatable bonds is 1. The molecular weight excluding hydrogens is 186 g/mol. The van der Waals surface area contributed by atoms with Crippen molar-refractivity contribution in [2.24, 2.45) is 7.05 Å². The predicted molar refractivity (Wildman–Crippen MR) is 62.4 cm³/mol. The number of aromatic nitrogens is 1. The first-order chi connectivity index (χ1) is 7.02. The van der Waals surface area contributed by atoms with Crippen molar-refractivity contribution >= 4 is 16.7 Å². The average Bonchev–Trinajstić information content (AvgIpc) is 2.39. The maximum Gasteiger partial charge on any atom is 0.162 e. The molecule has 0 unspecified atom stereocenters. The molecule has 0 radical (unpaired) electrons. The van der Waals surface area contributed by atoms with Crippen LogP contribution >= 0.6 is 0 Å². The average molecular weight is 201 g/mol. The van der Waals surface area contributed by atoms with E-state index in [1.54, 1.807) is 6.92 Å². The van der Waals surface area contributed by atoms with E-state index in [1.807, 2.05) is 20.9 Å². The van der Waals surface area contributed by atoms with Gasteiger partial charge in [-0.05, 0) is 32.9 Å². The maximum absolute atomic E-state index is 11.6. The molecule has 0 bridgehead atoms. The molecule has 0 N–H and O–H groups in total. The Bertz CT molecular complexity index is 549. The van der Waals surface area contributed by atoms with E-state index >= 15 is 0 Å². The first kappa shape index (κ1) is 9.97. The van der Waals surface area contributed by atoms with Gasteiger partial charge in [0.05, 0.1) is 0 Å². The molecule has 15 heavy (non-hydrogen) atoms. The number of hydrogen-bond donors (Lipinski definition) is 0. The molecule has 1 aromatic heterocycles. The van der Waals surface area contributed by atoms with Crippen LogP contribution in [0.25, 0.3) is 10.9 Å². The normalized spacial score (nSPS) is 10.9. The summed E-state index contributed by atoms with van der Waals surface area (Å²) in [4.78, 5) is 11.6. The van der Waals surface area contributed by atoms with Crippen LogP contribution in [0.5, 0.6) is 0 Å². The second-order valence-electron chi connectivity index (χ2n) is 4.10. The molecule has 0 aliphatic heterocycles. The minimum atomic E-state index is 0.142. The molecule has 0 fully saturated rings. The molecule has 78 valence electrons. The van der Waals surface area contributed by atoms with E-state index in [0.717, 1.165) is 22.2 Å². The first-order valence-electron chi connectivity index (χ1n) is 5.09. The zero-order valence-corrected chi connectivity index (χ0v) is 9.59. The van der Waals surface area contributed by atoms with Crippen molar-refractivity contribution in [1.29, 1.82) is 0 Å². The van der Waals surface area contributed by atoms with E-state index in [9.17, 15) is 4.79 Å². The van der Waals surface area contributed by atoms with Gasteiger partial charge < -0.3 is 4.57 Å². The molecule has 1 aromatic carbocycles. The van der Waals surface area contributed by atoms with E-state index in [0.29, 0.717) is 0 Å². The number of ketones is 1. The van der Waals surface area contributed by atoms with E-state index in [4.69, 9.17) is 0 Å². The summed E-state index contributed by atoms with van der Waals surface area (Å²) in [6.45, 7) is 5.67. The van der Waals surface area contributed by atoms with Crippen LogP contribution in [-0.2, 0) is 7.05 Å². The Hall–Kier alpha value is -1.57.